The number of nitriles is 1. The van der Waals surface area contributed by atoms with Gasteiger partial charge in [0.05, 0.1) is 17.2 Å². The summed E-state index contributed by atoms with van der Waals surface area (Å²) < 4.78 is 6.63. The molecule has 0 saturated carbocycles. The molecule has 2 aromatic heterocycles. The van der Waals surface area contributed by atoms with Crippen LogP contribution in [-0.2, 0) is 9.53 Å². The number of fused-ring (bicyclic) bond motifs is 2. The standard InChI is InChI=1S/C29H26N4O3/c1-36-19-28(34)32-13-10-20(11-14-32)29(35)33-18-26(25-7-2-3-8-27(25)33)23(16-30)15-21-5-4-6-22-17-31-12-9-24(21)22/h2-9,12,15,17-18,20H,10-11,13-14,19H2,1H3/b23-15+. The molecule has 1 saturated heterocycles. The van der Waals surface area contributed by atoms with Gasteiger partial charge >= 0.3 is 0 Å². The quantitative estimate of drug-likeness (QED) is 0.385. The van der Waals surface area contributed by atoms with Gasteiger partial charge in [0, 0.05) is 61.0 Å². The van der Waals surface area contributed by atoms with Gasteiger partial charge in [0.2, 0.25) is 11.8 Å². The van der Waals surface area contributed by atoms with Crippen LogP contribution in [0.15, 0.2) is 67.1 Å². The first-order valence-electron chi connectivity index (χ1n) is 12.0. The number of para-hydroxylation sites is 1. The minimum absolute atomic E-state index is 0.00943. The van der Waals surface area contributed by atoms with Gasteiger partial charge < -0.3 is 9.64 Å². The number of methoxy groups -OCH3 is 1. The van der Waals surface area contributed by atoms with Crippen molar-refractivity contribution in [3.05, 3.63) is 78.2 Å². The molecule has 5 rings (SSSR count). The summed E-state index contributed by atoms with van der Waals surface area (Å²) in [5.74, 6) is -0.254. The fraction of sp³-hybridized carbons (Fsp3) is 0.241. The topological polar surface area (TPSA) is 88.2 Å². The number of allylic oxidation sites excluding steroid dienone is 1. The summed E-state index contributed by atoms with van der Waals surface area (Å²) >= 11 is 0. The van der Waals surface area contributed by atoms with E-state index in [0.29, 0.717) is 31.5 Å². The molecule has 0 atom stereocenters. The van der Waals surface area contributed by atoms with E-state index in [1.807, 2.05) is 54.6 Å². The van der Waals surface area contributed by atoms with Crippen LogP contribution in [0, 0.1) is 17.2 Å². The van der Waals surface area contributed by atoms with Crippen molar-refractivity contribution in [1.82, 2.24) is 14.5 Å². The average molecular weight is 479 g/mol. The monoisotopic (exact) mass is 478 g/mol. The third kappa shape index (κ3) is 4.39. The first-order valence-corrected chi connectivity index (χ1v) is 12.0. The number of carbonyl (C=O) groups excluding carboxylic acids is 2. The van der Waals surface area contributed by atoms with Gasteiger partial charge in [-0.3, -0.25) is 19.1 Å². The molecule has 180 valence electrons. The number of likely N-dealkylation sites (tertiary alicyclic amines) is 1. The van der Waals surface area contributed by atoms with E-state index in [0.717, 1.165) is 32.8 Å². The number of pyridine rings is 1. The van der Waals surface area contributed by atoms with Gasteiger partial charge in [-0.1, -0.05) is 36.4 Å². The summed E-state index contributed by atoms with van der Waals surface area (Å²) in [4.78, 5) is 31.7. The molecule has 0 aliphatic carbocycles. The Morgan fingerprint density at radius 2 is 1.92 bits per heavy atom. The molecule has 0 spiro atoms. The lowest BCUT2D eigenvalue weighted by molar-refractivity contribution is -0.136. The highest BCUT2D eigenvalue weighted by molar-refractivity contribution is 6.06. The lowest BCUT2D eigenvalue weighted by Crippen LogP contribution is -2.42. The highest BCUT2D eigenvalue weighted by Gasteiger charge is 2.29. The van der Waals surface area contributed by atoms with Crippen molar-refractivity contribution < 1.29 is 14.3 Å². The lowest BCUT2D eigenvalue weighted by atomic mass is 9.95. The van der Waals surface area contributed by atoms with Gasteiger partial charge in [-0.25, -0.2) is 0 Å². The van der Waals surface area contributed by atoms with Crippen LogP contribution in [0.5, 0.6) is 0 Å². The number of aromatic nitrogens is 2. The predicted octanol–water partition coefficient (Wildman–Crippen LogP) is 4.78. The zero-order valence-electron chi connectivity index (χ0n) is 20.1. The van der Waals surface area contributed by atoms with Gasteiger partial charge in [0.1, 0.15) is 6.61 Å². The van der Waals surface area contributed by atoms with Crippen molar-refractivity contribution in [3.8, 4) is 6.07 Å². The van der Waals surface area contributed by atoms with Crippen molar-refractivity contribution in [2.45, 2.75) is 12.8 Å². The summed E-state index contributed by atoms with van der Waals surface area (Å²) in [5, 5.41) is 13.0. The number of rotatable bonds is 5. The highest BCUT2D eigenvalue weighted by Crippen LogP contribution is 2.31. The minimum Gasteiger partial charge on any atom is -0.375 e. The first-order chi connectivity index (χ1) is 17.6. The maximum Gasteiger partial charge on any atom is 0.248 e. The highest BCUT2D eigenvalue weighted by atomic mass is 16.5. The summed E-state index contributed by atoms with van der Waals surface area (Å²) in [6.45, 7) is 1.12. The number of ether oxygens (including phenoxy) is 1. The van der Waals surface area contributed by atoms with Crippen LogP contribution < -0.4 is 0 Å². The second-order valence-electron chi connectivity index (χ2n) is 8.97. The summed E-state index contributed by atoms with van der Waals surface area (Å²) in [6, 6.07) is 17.9. The van der Waals surface area contributed by atoms with E-state index in [4.69, 9.17) is 4.74 Å². The van der Waals surface area contributed by atoms with E-state index < -0.39 is 0 Å². The molecule has 3 heterocycles. The molecule has 7 heteroatoms. The second kappa shape index (κ2) is 10.1. The molecule has 0 N–H and O–H groups in total. The summed E-state index contributed by atoms with van der Waals surface area (Å²) in [7, 11) is 1.50. The predicted molar refractivity (Wildman–Crippen MR) is 139 cm³/mol. The number of hydrogen-bond donors (Lipinski definition) is 0. The fourth-order valence-corrected chi connectivity index (χ4v) is 4.96. The Balaban J connectivity index is 1.49. The molecule has 0 bridgehead atoms. The second-order valence-corrected chi connectivity index (χ2v) is 8.97. The molecule has 1 aliphatic rings. The molecule has 0 unspecified atom stereocenters. The third-order valence-corrected chi connectivity index (χ3v) is 6.84. The molecule has 2 aromatic carbocycles. The fourth-order valence-electron chi connectivity index (χ4n) is 4.96. The summed E-state index contributed by atoms with van der Waals surface area (Å²) in [6.07, 6.45) is 8.40. The Kier molecular flexibility index (Phi) is 6.61. The van der Waals surface area contributed by atoms with Crippen LogP contribution >= 0.6 is 0 Å². The Morgan fingerprint density at radius 3 is 2.69 bits per heavy atom. The van der Waals surface area contributed by atoms with E-state index in [1.165, 1.54) is 7.11 Å². The van der Waals surface area contributed by atoms with E-state index in [2.05, 4.69) is 11.1 Å². The Bertz CT molecular complexity index is 1520. The van der Waals surface area contributed by atoms with Crippen LogP contribution in [0.3, 0.4) is 0 Å². The number of amides is 1. The summed E-state index contributed by atoms with van der Waals surface area (Å²) in [5.41, 5.74) is 2.91. The van der Waals surface area contributed by atoms with Crippen LogP contribution in [-0.4, -0.2) is 53.1 Å². The van der Waals surface area contributed by atoms with E-state index in [1.54, 1.807) is 28.1 Å². The smallest absolute Gasteiger partial charge is 0.248 e. The number of piperidine rings is 1. The molecular weight excluding hydrogens is 452 g/mol. The maximum absolute atomic E-state index is 13.6. The lowest BCUT2D eigenvalue weighted by Gasteiger charge is -2.31. The number of hydrogen-bond acceptors (Lipinski definition) is 5. The largest absolute Gasteiger partial charge is 0.375 e. The molecule has 1 amide bonds. The van der Waals surface area contributed by atoms with Crippen molar-refractivity contribution >= 4 is 45.1 Å². The van der Waals surface area contributed by atoms with E-state index >= 15 is 0 Å². The van der Waals surface area contributed by atoms with Crippen LogP contribution in [0.25, 0.3) is 33.3 Å². The van der Waals surface area contributed by atoms with Gasteiger partial charge in [-0.05, 0) is 42.0 Å². The van der Waals surface area contributed by atoms with Crippen LogP contribution in [0.4, 0.5) is 0 Å². The molecule has 7 nitrogen and oxygen atoms in total. The maximum atomic E-state index is 13.6. The third-order valence-electron chi connectivity index (χ3n) is 6.84. The van der Waals surface area contributed by atoms with Crippen LogP contribution in [0.2, 0.25) is 0 Å². The van der Waals surface area contributed by atoms with Gasteiger partial charge in [-0.15, -0.1) is 0 Å². The molecule has 1 fully saturated rings. The Morgan fingerprint density at radius 1 is 1.11 bits per heavy atom. The van der Waals surface area contributed by atoms with Crippen molar-refractivity contribution in [2.75, 3.05) is 26.8 Å². The number of nitrogens with zero attached hydrogens (tertiary/aromatic N) is 4. The van der Waals surface area contributed by atoms with Crippen molar-refractivity contribution in [2.24, 2.45) is 5.92 Å². The number of benzene rings is 2. The van der Waals surface area contributed by atoms with Crippen molar-refractivity contribution in [3.63, 3.8) is 0 Å². The van der Waals surface area contributed by atoms with E-state index in [-0.39, 0.29) is 24.3 Å². The zero-order valence-corrected chi connectivity index (χ0v) is 20.1. The minimum atomic E-state index is -0.194. The van der Waals surface area contributed by atoms with Crippen molar-refractivity contribution in [1.29, 1.82) is 5.26 Å². The first kappa shape index (κ1) is 23.5. The Hall–Kier alpha value is -4.28. The van der Waals surface area contributed by atoms with Gasteiger partial charge in [0.15, 0.2) is 0 Å². The Labute approximate surface area is 209 Å². The average Bonchev–Trinajstić information content (AvgIpc) is 3.31. The molecule has 36 heavy (non-hydrogen) atoms. The normalized spacial score (nSPS) is 14.8. The zero-order chi connectivity index (χ0) is 25.1. The van der Waals surface area contributed by atoms with Gasteiger partial charge in [-0.2, -0.15) is 5.26 Å². The van der Waals surface area contributed by atoms with E-state index in [9.17, 15) is 14.9 Å². The molecule has 0 radical (unpaired) electrons. The van der Waals surface area contributed by atoms with Crippen LogP contribution in [0.1, 0.15) is 28.8 Å². The van der Waals surface area contributed by atoms with Gasteiger partial charge in [0.25, 0.3) is 0 Å². The SMILES string of the molecule is COCC(=O)N1CCC(C(=O)n2cc(/C(C#N)=C/c3cccc4cnccc34)c3ccccc32)CC1. The number of carbonyl (C=O) groups is 2. The molecule has 1 aliphatic heterocycles. The molecule has 4 aromatic rings. The molecular formula is C29H26N4O3.